The number of carbonyl (C=O) groups is 1. The van der Waals surface area contributed by atoms with E-state index in [4.69, 9.17) is 0 Å². The van der Waals surface area contributed by atoms with Crippen molar-refractivity contribution in [1.29, 1.82) is 0 Å². The van der Waals surface area contributed by atoms with Gasteiger partial charge in [-0.3, -0.25) is 0 Å². The molecule has 0 radical (unpaired) electrons. The zero-order valence-corrected chi connectivity index (χ0v) is 15.8. The highest BCUT2D eigenvalue weighted by atomic mass is 32.2. The Labute approximate surface area is 153 Å². The Bertz CT molecular complexity index is 717. The first-order valence-electron chi connectivity index (χ1n) is 8.84. The summed E-state index contributed by atoms with van der Waals surface area (Å²) in [4.78, 5) is 12.8. The number of carbonyl (C=O) groups excluding carboxylic acids is 1. The third kappa shape index (κ3) is 5.79. The van der Waals surface area contributed by atoms with Crippen LogP contribution in [-0.4, -0.2) is 10.5 Å². The minimum absolute atomic E-state index is 0.0137. The molecular weight excluding hydrogens is 328 g/mol. The molecular formula is C22H26O2S. The molecule has 0 aromatic heterocycles. The number of aryl methyl sites for hydroxylation is 1. The summed E-state index contributed by atoms with van der Waals surface area (Å²) in [5.74, 6) is 0.0137. The fraction of sp³-hybridized carbons (Fsp3) is 0.318. The Morgan fingerprint density at radius 3 is 2.36 bits per heavy atom. The van der Waals surface area contributed by atoms with Gasteiger partial charge in [-0.15, -0.1) is 0 Å². The van der Waals surface area contributed by atoms with Crippen LogP contribution in [0.25, 0.3) is 6.08 Å². The Balaban J connectivity index is 2.42. The molecule has 2 aromatic carbocycles. The summed E-state index contributed by atoms with van der Waals surface area (Å²) in [6.07, 6.45) is 6.33. The smallest absolute Gasteiger partial charge is 0.120 e. The van der Waals surface area contributed by atoms with Gasteiger partial charge in [-0.1, -0.05) is 67.8 Å². The number of unbranched alkanes of at least 4 members (excludes halogenated alkanes) is 1. The average Bonchev–Trinajstić information content (AvgIpc) is 2.64. The molecule has 0 spiro atoms. The summed E-state index contributed by atoms with van der Waals surface area (Å²) in [6, 6.07) is 17.7. The second kappa shape index (κ2) is 10.1. The fourth-order valence-electron chi connectivity index (χ4n) is 2.78. The number of hydrogen-bond donors (Lipinski definition) is 0. The first kappa shape index (κ1) is 19.3. The number of rotatable bonds is 9. The van der Waals surface area contributed by atoms with Gasteiger partial charge < -0.3 is 4.79 Å². The van der Waals surface area contributed by atoms with E-state index in [1.807, 2.05) is 67.6 Å². The number of hydrogen-bond acceptors (Lipinski definition) is 2. The maximum atomic E-state index is 13.3. The third-order valence-electron chi connectivity index (χ3n) is 4.25. The molecule has 2 nitrogen and oxygen atoms in total. The van der Waals surface area contributed by atoms with Crippen molar-refractivity contribution in [1.82, 2.24) is 0 Å². The van der Waals surface area contributed by atoms with Gasteiger partial charge in [0.15, 0.2) is 0 Å². The van der Waals surface area contributed by atoms with Gasteiger partial charge in [0.1, 0.15) is 6.29 Å². The minimum atomic E-state index is -1.26. The Kier molecular flexibility index (Phi) is 7.80. The summed E-state index contributed by atoms with van der Waals surface area (Å²) in [5, 5.41) is 0. The monoisotopic (exact) mass is 354 g/mol. The van der Waals surface area contributed by atoms with Crippen molar-refractivity contribution in [3.05, 3.63) is 70.6 Å². The lowest BCUT2D eigenvalue weighted by Crippen LogP contribution is -2.11. The highest BCUT2D eigenvalue weighted by molar-refractivity contribution is 7.89. The van der Waals surface area contributed by atoms with E-state index in [1.165, 1.54) is 0 Å². The standard InChI is InChI=1S/C22H26O2S/c1-3-4-10-20(15-16-23)22(17-19-8-6-5-7-9-19)25(24)21-13-11-18(2)12-14-21/h5-9,11-14,16-17,20H,3-4,10,15H2,1-2H3/b22-17-/t20-,25-/m0/s1. The molecule has 0 bridgehead atoms. The van der Waals surface area contributed by atoms with Crippen LogP contribution in [0, 0.1) is 12.8 Å². The van der Waals surface area contributed by atoms with Crippen LogP contribution < -0.4 is 0 Å². The zero-order valence-electron chi connectivity index (χ0n) is 15.0. The maximum absolute atomic E-state index is 13.3. The summed E-state index contributed by atoms with van der Waals surface area (Å²) < 4.78 is 13.3. The van der Waals surface area contributed by atoms with Crippen molar-refractivity contribution < 1.29 is 9.00 Å². The Morgan fingerprint density at radius 2 is 1.76 bits per heavy atom. The molecule has 0 aliphatic rings. The summed E-state index contributed by atoms with van der Waals surface area (Å²) in [5.41, 5.74) is 2.16. The molecule has 0 amide bonds. The molecule has 0 fully saturated rings. The third-order valence-corrected chi connectivity index (χ3v) is 5.83. The largest absolute Gasteiger partial charge is 0.303 e. The maximum Gasteiger partial charge on any atom is 0.120 e. The lowest BCUT2D eigenvalue weighted by atomic mass is 9.97. The van der Waals surface area contributed by atoms with Crippen LogP contribution >= 0.6 is 0 Å². The van der Waals surface area contributed by atoms with E-state index in [9.17, 15) is 9.00 Å². The second-order valence-electron chi connectivity index (χ2n) is 6.28. The van der Waals surface area contributed by atoms with Crippen LogP contribution in [0.15, 0.2) is 64.4 Å². The average molecular weight is 355 g/mol. The van der Waals surface area contributed by atoms with Crippen molar-refractivity contribution in [2.45, 2.75) is 44.4 Å². The van der Waals surface area contributed by atoms with Gasteiger partial charge >= 0.3 is 0 Å². The molecule has 0 aliphatic heterocycles. The molecule has 0 saturated carbocycles. The van der Waals surface area contributed by atoms with Crippen molar-refractivity contribution in [3.63, 3.8) is 0 Å². The number of benzene rings is 2. The second-order valence-corrected chi connectivity index (χ2v) is 7.76. The lowest BCUT2D eigenvalue weighted by molar-refractivity contribution is -0.108. The van der Waals surface area contributed by atoms with Gasteiger partial charge in [0.2, 0.25) is 0 Å². The van der Waals surface area contributed by atoms with Gasteiger partial charge in [-0.25, -0.2) is 4.21 Å². The van der Waals surface area contributed by atoms with Crippen LogP contribution in [0.4, 0.5) is 0 Å². The van der Waals surface area contributed by atoms with Crippen molar-refractivity contribution in [2.75, 3.05) is 0 Å². The molecule has 0 heterocycles. The molecule has 2 atom stereocenters. The van der Waals surface area contributed by atoms with Gasteiger partial charge in [0.05, 0.1) is 10.8 Å². The quantitative estimate of drug-likeness (QED) is 0.554. The number of allylic oxidation sites excluding steroid dienone is 1. The van der Waals surface area contributed by atoms with E-state index in [0.29, 0.717) is 6.42 Å². The first-order chi connectivity index (χ1) is 12.2. The van der Waals surface area contributed by atoms with E-state index >= 15 is 0 Å². The predicted molar refractivity (Wildman–Crippen MR) is 106 cm³/mol. The van der Waals surface area contributed by atoms with E-state index in [0.717, 1.165) is 46.5 Å². The first-order valence-corrected chi connectivity index (χ1v) is 9.99. The highest BCUT2D eigenvalue weighted by Gasteiger charge is 2.21. The predicted octanol–water partition coefficient (Wildman–Crippen LogP) is 5.54. The normalized spacial score (nSPS) is 14.1. The molecule has 0 saturated heterocycles. The van der Waals surface area contributed by atoms with E-state index in [-0.39, 0.29) is 5.92 Å². The minimum Gasteiger partial charge on any atom is -0.303 e. The van der Waals surface area contributed by atoms with Gasteiger partial charge in [-0.05, 0) is 43.0 Å². The van der Waals surface area contributed by atoms with Gasteiger partial charge in [0.25, 0.3) is 0 Å². The molecule has 0 aliphatic carbocycles. The van der Waals surface area contributed by atoms with E-state index in [2.05, 4.69) is 6.92 Å². The topological polar surface area (TPSA) is 34.1 Å². The van der Waals surface area contributed by atoms with Crippen LogP contribution in [0.1, 0.15) is 43.7 Å². The summed E-state index contributed by atoms with van der Waals surface area (Å²) >= 11 is 0. The zero-order chi connectivity index (χ0) is 18.1. The van der Waals surface area contributed by atoms with E-state index < -0.39 is 10.8 Å². The molecule has 3 heteroatoms. The molecule has 25 heavy (non-hydrogen) atoms. The molecule has 2 aromatic rings. The summed E-state index contributed by atoms with van der Waals surface area (Å²) in [6.45, 7) is 4.15. The summed E-state index contributed by atoms with van der Waals surface area (Å²) in [7, 11) is -1.26. The fourth-order valence-corrected chi connectivity index (χ4v) is 4.19. The van der Waals surface area contributed by atoms with Crippen LogP contribution in [-0.2, 0) is 15.6 Å². The highest BCUT2D eigenvalue weighted by Crippen LogP contribution is 2.30. The van der Waals surface area contributed by atoms with Crippen LogP contribution in [0.3, 0.4) is 0 Å². The Hall–Kier alpha value is -2.00. The van der Waals surface area contributed by atoms with Crippen LogP contribution in [0.5, 0.6) is 0 Å². The van der Waals surface area contributed by atoms with Crippen molar-refractivity contribution in [2.24, 2.45) is 5.92 Å². The van der Waals surface area contributed by atoms with E-state index in [1.54, 1.807) is 0 Å². The Morgan fingerprint density at radius 1 is 1.08 bits per heavy atom. The van der Waals surface area contributed by atoms with Crippen LogP contribution in [0.2, 0.25) is 0 Å². The van der Waals surface area contributed by atoms with Gasteiger partial charge in [0, 0.05) is 16.2 Å². The molecule has 2 rings (SSSR count). The SMILES string of the molecule is CCCC[C@@H](CC=O)/C(=C/c1ccccc1)[S@@](=O)c1ccc(C)cc1. The lowest BCUT2D eigenvalue weighted by Gasteiger charge is -2.18. The molecule has 132 valence electrons. The van der Waals surface area contributed by atoms with Crippen molar-refractivity contribution >= 4 is 23.2 Å². The number of aldehydes is 1. The van der Waals surface area contributed by atoms with Crippen molar-refractivity contribution in [3.8, 4) is 0 Å². The molecule has 0 N–H and O–H groups in total. The molecule has 0 unspecified atom stereocenters. The van der Waals surface area contributed by atoms with Gasteiger partial charge in [-0.2, -0.15) is 0 Å².